The van der Waals surface area contributed by atoms with E-state index in [9.17, 15) is 9.59 Å². The van der Waals surface area contributed by atoms with Crippen molar-refractivity contribution >= 4 is 11.8 Å². The molecule has 0 bridgehead atoms. The van der Waals surface area contributed by atoms with Crippen molar-refractivity contribution < 1.29 is 14.3 Å². The van der Waals surface area contributed by atoms with E-state index in [4.69, 9.17) is 4.74 Å². The van der Waals surface area contributed by atoms with Crippen LogP contribution in [0, 0.1) is 5.41 Å². The molecule has 1 saturated carbocycles. The first-order chi connectivity index (χ1) is 8.94. The highest BCUT2D eigenvalue weighted by atomic mass is 16.5. The largest absolute Gasteiger partial charge is 0.462 e. The van der Waals surface area contributed by atoms with Crippen molar-refractivity contribution in [1.82, 2.24) is 0 Å². The summed E-state index contributed by atoms with van der Waals surface area (Å²) in [5.74, 6) is -0.0277. The number of carbonyl (C=O) groups excluding carboxylic acids is 2. The zero-order chi connectivity index (χ0) is 14.0. The van der Waals surface area contributed by atoms with Crippen LogP contribution in [0.4, 0.5) is 0 Å². The fourth-order valence-electron chi connectivity index (χ4n) is 3.59. The van der Waals surface area contributed by atoms with Gasteiger partial charge in [0, 0.05) is 18.8 Å². The quantitative estimate of drug-likeness (QED) is 0.578. The Morgan fingerprint density at radius 1 is 1.47 bits per heavy atom. The van der Waals surface area contributed by atoms with Crippen molar-refractivity contribution in [2.75, 3.05) is 0 Å². The maximum Gasteiger partial charge on any atom is 0.302 e. The molecule has 0 aromatic carbocycles. The van der Waals surface area contributed by atoms with Crippen LogP contribution in [0.25, 0.3) is 0 Å². The molecule has 2 rings (SSSR count). The standard InChI is InChI=1S/C16H22O3/c1-11(2)10-16-8-7-14(18)9-13(16)5-4-6-15(16)19-12(3)17/h9,15H,1,4-8,10H2,2-3H3/t15-,16?/m0/s1. The van der Waals surface area contributed by atoms with Gasteiger partial charge in [0.1, 0.15) is 6.10 Å². The molecule has 1 unspecified atom stereocenters. The normalized spacial score (nSPS) is 30.3. The minimum atomic E-state index is -0.232. The van der Waals surface area contributed by atoms with Crippen LogP contribution in [-0.2, 0) is 14.3 Å². The minimum absolute atomic E-state index is 0.102. The smallest absolute Gasteiger partial charge is 0.302 e. The monoisotopic (exact) mass is 262 g/mol. The van der Waals surface area contributed by atoms with Crippen LogP contribution in [0.3, 0.4) is 0 Å². The fraction of sp³-hybridized carbons (Fsp3) is 0.625. The van der Waals surface area contributed by atoms with Gasteiger partial charge in [0.15, 0.2) is 5.78 Å². The van der Waals surface area contributed by atoms with E-state index in [-0.39, 0.29) is 23.3 Å². The lowest BCUT2D eigenvalue weighted by Crippen LogP contribution is -2.45. The molecule has 1 fully saturated rings. The number of hydrogen-bond acceptors (Lipinski definition) is 3. The summed E-state index contributed by atoms with van der Waals surface area (Å²) in [6.45, 7) is 7.48. The first-order valence-electron chi connectivity index (χ1n) is 6.99. The SMILES string of the molecule is C=C(C)CC12CCC(=O)C=C1CCC[C@@H]2OC(C)=O. The molecule has 104 valence electrons. The Kier molecular flexibility index (Phi) is 3.93. The zero-order valence-electron chi connectivity index (χ0n) is 11.8. The molecular weight excluding hydrogens is 240 g/mol. The second-order valence-electron chi connectivity index (χ2n) is 5.92. The number of ketones is 1. The number of esters is 1. The topological polar surface area (TPSA) is 43.4 Å². The molecule has 0 radical (unpaired) electrons. The highest BCUT2D eigenvalue weighted by Gasteiger charge is 2.47. The zero-order valence-corrected chi connectivity index (χ0v) is 11.8. The summed E-state index contributed by atoms with van der Waals surface area (Å²) in [5, 5.41) is 0. The third-order valence-electron chi connectivity index (χ3n) is 4.25. The van der Waals surface area contributed by atoms with Crippen LogP contribution < -0.4 is 0 Å². The van der Waals surface area contributed by atoms with Crippen molar-refractivity contribution in [3.05, 3.63) is 23.8 Å². The van der Waals surface area contributed by atoms with Gasteiger partial charge in [-0.25, -0.2) is 0 Å². The molecule has 0 spiro atoms. The number of carbonyl (C=O) groups is 2. The van der Waals surface area contributed by atoms with Crippen molar-refractivity contribution in [3.8, 4) is 0 Å². The molecule has 0 aromatic heterocycles. The van der Waals surface area contributed by atoms with E-state index in [1.807, 2.05) is 6.92 Å². The first kappa shape index (κ1) is 14.0. The summed E-state index contributed by atoms with van der Waals surface area (Å²) in [4.78, 5) is 23.0. The van der Waals surface area contributed by atoms with Crippen LogP contribution in [-0.4, -0.2) is 17.9 Å². The molecule has 3 heteroatoms. The van der Waals surface area contributed by atoms with Gasteiger partial charge < -0.3 is 4.74 Å². The maximum absolute atomic E-state index is 11.7. The van der Waals surface area contributed by atoms with Crippen LogP contribution in [0.5, 0.6) is 0 Å². The summed E-state index contributed by atoms with van der Waals surface area (Å²) in [5.41, 5.74) is 2.08. The number of allylic oxidation sites excluding steroid dienone is 2. The van der Waals surface area contributed by atoms with Gasteiger partial charge in [-0.2, -0.15) is 0 Å². The predicted octanol–water partition coefficient (Wildman–Crippen LogP) is 3.34. The highest BCUT2D eigenvalue weighted by molar-refractivity contribution is 5.91. The van der Waals surface area contributed by atoms with Gasteiger partial charge in [0.25, 0.3) is 0 Å². The van der Waals surface area contributed by atoms with E-state index in [1.54, 1.807) is 6.08 Å². The van der Waals surface area contributed by atoms with Crippen LogP contribution in [0.15, 0.2) is 23.8 Å². The molecule has 3 nitrogen and oxygen atoms in total. The number of ether oxygens (including phenoxy) is 1. The van der Waals surface area contributed by atoms with Gasteiger partial charge in [0.05, 0.1) is 0 Å². The maximum atomic E-state index is 11.7. The van der Waals surface area contributed by atoms with Gasteiger partial charge in [-0.3, -0.25) is 9.59 Å². The molecule has 19 heavy (non-hydrogen) atoms. The second kappa shape index (κ2) is 5.32. The summed E-state index contributed by atoms with van der Waals surface area (Å²) < 4.78 is 5.57. The Balaban J connectivity index is 2.38. The first-order valence-corrected chi connectivity index (χ1v) is 6.99. The van der Waals surface area contributed by atoms with Gasteiger partial charge in [-0.1, -0.05) is 11.1 Å². The Labute approximate surface area is 114 Å². The summed E-state index contributed by atoms with van der Waals surface area (Å²) in [6.07, 6.45) is 6.64. The molecule has 2 aliphatic carbocycles. The third-order valence-corrected chi connectivity index (χ3v) is 4.25. The molecule has 0 N–H and O–H groups in total. The van der Waals surface area contributed by atoms with Crippen molar-refractivity contribution in [2.45, 2.75) is 58.5 Å². The third kappa shape index (κ3) is 2.80. The number of hydrogen-bond donors (Lipinski definition) is 0. The van der Waals surface area contributed by atoms with Crippen molar-refractivity contribution in [1.29, 1.82) is 0 Å². The minimum Gasteiger partial charge on any atom is -0.462 e. The molecule has 0 amide bonds. The summed E-state index contributed by atoms with van der Waals surface area (Å²) in [7, 11) is 0. The van der Waals surface area contributed by atoms with E-state index in [0.29, 0.717) is 6.42 Å². The van der Waals surface area contributed by atoms with Crippen LogP contribution in [0.2, 0.25) is 0 Å². The number of fused-ring (bicyclic) bond motifs is 1. The van der Waals surface area contributed by atoms with E-state index in [2.05, 4.69) is 6.58 Å². The van der Waals surface area contributed by atoms with Crippen LogP contribution in [0.1, 0.15) is 52.4 Å². The predicted molar refractivity (Wildman–Crippen MR) is 73.6 cm³/mol. The second-order valence-corrected chi connectivity index (χ2v) is 5.92. The van der Waals surface area contributed by atoms with Gasteiger partial charge in [0.2, 0.25) is 0 Å². The molecule has 0 aliphatic heterocycles. The Morgan fingerprint density at radius 2 is 2.21 bits per heavy atom. The average Bonchev–Trinajstić information content (AvgIpc) is 2.29. The molecular formula is C16H22O3. The Morgan fingerprint density at radius 3 is 2.84 bits per heavy atom. The molecule has 0 saturated heterocycles. The average molecular weight is 262 g/mol. The Bertz CT molecular complexity index is 447. The molecule has 0 heterocycles. The molecule has 2 aliphatic rings. The summed E-state index contributed by atoms with van der Waals surface area (Å²) in [6, 6.07) is 0. The van der Waals surface area contributed by atoms with Crippen molar-refractivity contribution in [3.63, 3.8) is 0 Å². The number of rotatable bonds is 3. The lowest BCUT2D eigenvalue weighted by molar-refractivity contribution is -0.154. The van der Waals surface area contributed by atoms with Gasteiger partial charge in [-0.05, 0) is 45.1 Å². The van der Waals surface area contributed by atoms with Gasteiger partial charge >= 0.3 is 5.97 Å². The molecule has 2 atom stereocenters. The van der Waals surface area contributed by atoms with Gasteiger partial charge in [-0.15, -0.1) is 6.58 Å². The lowest BCUT2D eigenvalue weighted by Gasteiger charge is -2.47. The van der Waals surface area contributed by atoms with Crippen molar-refractivity contribution in [2.24, 2.45) is 5.41 Å². The molecule has 0 aromatic rings. The van der Waals surface area contributed by atoms with Crippen LogP contribution >= 0.6 is 0 Å². The highest BCUT2D eigenvalue weighted by Crippen LogP contribution is 2.51. The van der Waals surface area contributed by atoms with E-state index in [1.165, 1.54) is 12.5 Å². The van der Waals surface area contributed by atoms with E-state index < -0.39 is 0 Å². The lowest BCUT2D eigenvalue weighted by atomic mass is 9.60. The van der Waals surface area contributed by atoms with E-state index >= 15 is 0 Å². The van der Waals surface area contributed by atoms with E-state index in [0.717, 1.165) is 37.7 Å². The Hall–Kier alpha value is -1.38. The summed E-state index contributed by atoms with van der Waals surface area (Å²) >= 11 is 0. The fourth-order valence-corrected chi connectivity index (χ4v) is 3.59.